The van der Waals surface area contributed by atoms with Crippen LogP contribution in [0.5, 0.6) is 11.5 Å². The summed E-state index contributed by atoms with van der Waals surface area (Å²) >= 11 is 0. The number of nitrogens with one attached hydrogen (secondary N) is 1. The summed E-state index contributed by atoms with van der Waals surface area (Å²) < 4.78 is 10.6. The van der Waals surface area contributed by atoms with Crippen LogP contribution in [0.4, 0.5) is 5.69 Å². The number of hydrogen-bond acceptors (Lipinski definition) is 3. The van der Waals surface area contributed by atoms with Crippen LogP contribution in [0.3, 0.4) is 0 Å². The van der Waals surface area contributed by atoms with E-state index in [1.807, 2.05) is 12.1 Å². The average molecular weight is 237 g/mol. The van der Waals surface area contributed by atoms with Gasteiger partial charge in [-0.2, -0.15) is 0 Å². The molecular weight excluding hydrogens is 214 g/mol. The van der Waals surface area contributed by atoms with Crippen LogP contribution < -0.4 is 14.8 Å². The first kappa shape index (κ1) is 13.7. The molecule has 3 nitrogen and oxygen atoms in total. The Hall–Kier alpha value is -1.38. The minimum absolute atomic E-state index is 0.423. The van der Waals surface area contributed by atoms with E-state index in [1.165, 1.54) is 0 Å². The van der Waals surface area contributed by atoms with Crippen molar-refractivity contribution in [3.05, 3.63) is 17.7 Å². The van der Waals surface area contributed by atoms with Gasteiger partial charge >= 0.3 is 0 Å². The van der Waals surface area contributed by atoms with Crippen LogP contribution in [-0.4, -0.2) is 20.3 Å². The molecule has 1 rings (SSSR count). The van der Waals surface area contributed by atoms with Gasteiger partial charge in [-0.25, -0.2) is 0 Å². The third-order valence-corrected chi connectivity index (χ3v) is 3.11. The van der Waals surface area contributed by atoms with E-state index in [9.17, 15) is 0 Å². The van der Waals surface area contributed by atoms with Crippen molar-refractivity contribution >= 4 is 5.69 Å². The highest BCUT2D eigenvalue weighted by Gasteiger charge is 2.12. The molecule has 0 aliphatic carbocycles. The van der Waals surface area contributed by atoms with Crippen LogP contribution in [0.2, 0.25) is 0 Å². The summed E-state index contributed by atoms with van der Waals surface area (Å²) in [5.41, 5.74) is 2.26. The lowest BCUT2D eigenvalue weighted by molar-refractivity contribution is 0.355. The predicted octanol–water partition coefficient (Wildman–Crippen LogP) is 3.47. The number of methoxy groups -OCH3 is 2. The van der Waals surface area contributed by atoms with Crippen LogP contribution in [0, 0.1) is 12.8 Å². The van der Waals surface area contributed by atoms with E-state index in [2.05, 4.69) is 33.0 Å². The first-order valence-electron chi connectivity index (χ1n) is 5.98. The third-order valence-electron chi connectivity index (χ3n) is 3.11. The number of anilines is 1. The molecule has 0 aromatic heterocycles. The monoisotopic (exact) mass is 237 g/mol. The predicted molar refractivity (Wildman–Crippen MR) is 72.2 cm³/mol. The molecule has 1 aromatic rings. The number of aryl methyl sites for hydroxylation is 1. The summed E-state index contributed by atoms with van der Waals surface area (Å²) in [6.45, 7) is 8.65. The maximum Gasteiger partial charge on any atom is 0.162 e. The highest BCUT2D eigenvalue weighted by Crippen LogP contribution is 2.33. The van der Waals surface area contributed by atoms with Gasteiger partial charge in [0, 0.05) is 17.8 Å². The first-order chi connectivity index (χ1) is 7.99. The Morgan fingerprint density at radius 3 is 2.00 bits per heavy atom. The lowest BCUT2D eigenvalue weighted by atomic mass is 10.1. The second-order valence-corrected chi connectivity index (χ2v) is 4.70. The molecule has 1 N–H and O–H groups in total. The van der Waals surface area contributed by atoms with Crippen molar-refractivity contribution in [1.29, 1.82) is 0 Å². The Balaban J connectivity index is 3.00. The molecule has 0 heterocycles. The first-order valence-corrected chi connectivity index (χ1v) is 5.98. The van der Waals surface area contributed by atoms with Crippen molar-refractivity contribution in [3.8, 4) is 11.5 Å². The molecule has 0 fully saturated rings. The zero-order valence-corrected chi connectivity index (χ0v) is 11.6. The Labute approximate surface area is 104 Å². The fourth-order valence-corrected chi connectivity index (χ4v) is 1.55. The van der Waals surface area contributed by atoms with E-state index in [-0.39, 0.29) is 0 Å². The maximum absolute atomic E-state index is 5.31. The molecule has 0 spiro atoms. The fraction of sp³-hybridized carbons (Fsp3) is 0.571. The van der Waals surface area contributed by atoms with Gasteiger partial charge in [-0.15, -0.1) is 0 Å². The van der Waals surface area contributed by atoms with Gasteiger partial charge in [-0.1, -0.05) is 13.8 Å². The summed E-state index contributed by atoms with van der Waals surface area (Å²) in [6.07, 6.45) is 0. The topological polar surface area (TPSA) is 30.5 Å². The van der Waals surface area contributed by atoms with Crippen molar-refractivity contribution in [2.75, 3.05) is 19.5 Å². The van der Waals surface area contributed by atoms with Gasteiger partial charge in [0.05, 0.1) is 14.2 Å². The summed E-state index contributed by atoms with van der Waals surface area (Å²) in [5.74, 6) is 2.12. The molecule has 96 valence electrons. The largest absolute Gasteiger partial charge is 0.493 e. The molecule has 17 heavy (non-hydrogen) atoms. The van der Waals surface area contributed by atoms with E-state index in [0.717, 1.165) is 22.7 Å². The minimum atomic E-state index is 0.423. The summed E-state index contributed by atoms with van der Waals surface area (Å²) in [7, 11) is 3.31. The van der Waals surface area contributed by atoms with Gasteiger partial charge in [0.25, 0.3) is 0 Å². The zero-order chi connectivity index (χ0) is 13.0. The van der Waals surface area contributed by atoms with Crippen molar-refractivity contribution in [2.45, 2.75) is 33.7 Å². The molecule has 0 saturated carbocycles. The normalized spacial score (nSPS) is 12.4. The highest BCUT2D eigenvalue weighted by atomic mass is 16.5. The van der Waals surface area contributed by atoms with Gasteiger partial charge in [0.15, 0.2) is 11.5 Å². The number of benzene rings is 1. The van der Waals surface area contributed by atoms with Gasteiger partial charge in [-0.3, -0.25) is 0 Å². The summed E-state index contributed by atoms with van der Waals surface area (Å²) in [4.78, 5) is 0. The Kier molecular flexibility index (Phi) is 4.67. The van der Waals surface area contributed by atoms with Crippen molar-refractivity contribution in [3.63, 3.8) is 0 Å². The van der Waals surface area contributed by atoms with E-state index in [0.29, 0.717) is 12.0 Å². The van der Waals surface area contributed by atoms with E-state index in [4.69, 9.17) is 9.47 Å². The van der Waals surface area contributed by atoms with Gasteiger partial charge in [0.2, 0.25) is 0 Å². The molecule has 0 amide bonds. The molecular formula is C14H23NO2. The Bertz CT molecular complexity index is 375. The van der Waals surface area contributed by atoms with E-state index < -0.39 is 0 Å². The van der Waals surface area contributed by atoms with Gasteiger partial charge in [0.1, 0.15) is 0 Å². The van der Waals surface area contributed by atoms with E-state index in [1.54, 1.807) is 14.2 Å². The second kappa shape index (κ2) is 5.80. The molecule has 0 aliphatic rings. The number of rotatable bonds is 5. The lowest BCUT2D eigenvalue weighted by Crippen LogP contribution is -2.22. The van der Waals surface area contributed by atoms with Crippen LogP contribution in [0.25, 0.3) is 0 Å². The maximum atomic E-state index is 5.31. The zero-order valence-electron chi connectivity index (χ0n) is 11.6. The molecule has 0 radical (unpaired) electrons. The molecule has 1 atom stereocenters. The molecule has 0 saturated heterocycles. The Morgan fingerprint density at radius 2 is 1.53 bits per heavy atom. The smallest absolute Gasteiger partial charge is 0.162 e. The third kappa shape index (κ3) is 3.29. The van der Waals surface area contributed by atoms with Crippen LogP contribution in [0.1, 0.15) is 26.3 Å². The summed E-state index contributed by atoms with van der Waals surface area (Å²) in [6, 6.07) is 4.41. The molecule has 0 aliphatic heterocycles. The number of ether oxygens (including phenoxy) is 2. The van der Waals surface area contributed by atoms with Crippen LogP contribution >= 0.6 is 0 Å². The number of hydrogen-bond donors (Lipinski definition) is 1. The van der Waals surface area contributed by atoms with Crippen molar-refractivity contribution in [2.24, 2.45) is 5.92 Å². The van der Waals surface area contributed by atoms with Gasteiger partial charge < -0.3 is 14.8 Å². The second-order valence-electron chi connectivity index (χ2n) is 4.70. The minimum Gasteiger partial charge on any atom is -0.493 e. The average Bonchev–Trinajstić information content (AvgIpc) is 2.30. The van der Waals surface area contributed by atoms with Crippen molar-refractivity contribution in [1.82, 2.24) is 0 Å². The quantitative estimate of drug-likeness (QED) is 0.850. The van der Waals surface area contributed by atoms with Crippen molar-refractivity contribution < 1.29 is 9.47 Å². The SMILES string of the molecule is COc1cc(C)c(NC(C)C(C)C)cc1OC. The molecule has 1 unspecified atom stereocenters. The molecule has 0 bridgehead atoms. The van der Waals surface area contributed by atoms with Crippen LogP contribution in [-0.2, 0) is 0 Å². The summed E-state index contributed by atoms with van der Waals surface area (Å²) in [5, 5.41) is 3.50. The fourth-order valence-electron chi connectivity index (χ4n) is 1.55. The standard InChI is InChI=1S/C14H23NO2/c1-9(2)11(4)15-12-8-14(17-6)13(16-5)7-10(12)3/h7-9,11,15H,1-6H3. The molecule has 3 heteroatoms. The van der Waals surface area contributed by atoms with Crippen LogP contribution in [0.15, 0.2) is 12.1 Å². The molecule has 1 aromatic carbocycles. The Morgan fingerprint density at radius 1 is 1.00 bits per heavy atom. The van der Waals surface area contributed by atoms with E-state index >= 15 is 0 Å². The lowest BCUT2D eigenvalue weighted by Gasteiger charge is -2.21. The van der Waals surface area contributed by atoms with Gasteiger partial charge in [-0.05, 0) is 31.4 Å². The highest BCUT2D eigenvalue weighted by molar-refractivity contribution is 5.60.